The van der Waals surface area contributed by atoms with Crippen LogP contribution in [0.25, 0.3) is 17.0 Å². The van der Waals surface area contributed by atoms with Gasteiger partial charge in [-0.2, -0.15) is 5.26 Å². The van der Waals surface area contributed by atoms with Crippen molar-refractivity contribution in [2.45, 2.75) is 0 Å². The Morgan fingerprint density at radius 3 is 2.63 bits per heavy atom. The molecule has 0 fully saturated rings. The summed E-state index contributed by atoms with van der Waals surface area (Å²) in [6.45, 7) is 0. The minimum absolute atomic E-state index is 0.300. The molecule has 0 radical (unpaired) electrons. The maximum Gasteiger partial charge on any atom is 0.185 e. The maximum atomic E-state index is 11.5. The maximum absolute atomic E-state index is 11.5. The third kappa shape index (κ3) is 2.37. The van der Waals surface area contributed by atoms with Crippen LogP contribution in [0.5, 0.6) is 0 Å². The number of nitrogens with zero attached hydrogens (tertiary/aromatic N) is 2. The molecule has 19 heavy (non-hydrogen) atoms. The van der Waals surface area contributed by atoms with Crippen LogP contribution in [0.15, 0.2) is 29.2 Å². The van der Waals surface area contributed by atoms with Crippen molar-refractivity contribution in [2.75, 3.05) is 6.26 Å². The van der Waals surface area contributed by atoms with Crippen LogP contribution in [0, 0.1) is 11.3 Å². The van der Waals surface area contributed by atoms with Gasteiger partial charge in [-0.05, 0) is 12.1 Å². The smallest absolute Gasteiger partial charge is 0.185 e. The van der Waals surface area contributed by atoms with Crippen molar-refractivity contribution >= 4 is 38.4 Å². The summed E-state index contributed by atoms with van der Waals surface area (Å²) in [4.78, 5) is -0.300. The highest BCUT2D eigenvalue weighted by atomic mass is 35.5. The van der Waals surface area contributed by atoms with E-state index in [9.17, 15) is 8.42 Å². The summed E-state index contributed by atoms with van der Waals surface area (Å²) in [5, 5.41) is 10.2. The Labute approximate surface area is 116 Å². The molecule has 0 spiro atoms. The van der Waals surface area contributed by atoms with E-state index in [1.165, 1.54) is 6.08 Å². The van der Waals surface area contributed by atoms with Crippen molar-refractivity contribution in [1.82, 2.24) is 4.57 Å². The minimum Gasteiger partial charge on any atom is -0.334 e. The molecule has 2 rings (SSSR count). The van der Waals surface area contributed by atoms with E-state index < -0.39 is 9.84 Å². The molecule has 0 N–H and O–H groups in total. The summed E-state index contributed by atoms with van der Waals surface area (Å²) < 4.78 is 24.7. The standard InChI is InChI=1S/C13H11ClN2O2S/c1-16-12-6-4-3-5-10(12)11(13(16)14)7-9(8-15)19(2,17)18/h3-7H,1-2H3/b9-7-. The molecule has 0 atom stereocenters. The molecule has 0 amide bonds. The normalized spacial score (nSPS) is 12.6. The van der Waals surface area contributed by atoms with Gasteiger partial charge in [0.25, 0.3) is 0 Å². The monoisotopic (exact) mass is 294 g/mol. The molecular weight excluding hydrogens is 284 g/mol. The summed E-state index contributed by atoms with van der Waals surface area (Å²) in [5.41, 5.74) is 1.42. The Balaban J connectivity index is 2.82. The summed E-state index contributed by atoms with van der Waals surface area (Å²) in [6, 6.07) is 9.12. The first-order valence-electron chi connectivity index (χ1n) is 5.41. The predicted octanol–water partition coefficient (Wildman–Crippen LogP) is 2.74. The van der Waals surface area contributed by atoms with Gasteiger partial charge in [-0.25, -0.2) is 8.42 Å². The molecule has 98 valence electrons. The number of para-hydroxylation sites is 1. The summed E-state index contributed by atoms with van der Waals surface area (Å²) in [5.74, 6) is 0. The molecular formula is C13H11ClN2O2S. The van der Waals surface area contributed by atoms with Crippen molar-refractivity contribution in [3.05, 3.63) is 39.9 Å². The lowest BCUT2D eigenvalue weighted by Crippen LogP contribution is -1.98. The summed E-state index contributed by atoms with van der Waals surface area (Å²) in [7, 11) is -1.77. The van der Waals surface area contributed by atoms with E-state index in [2.05, 4.69) is 0 Å². The Morgan fingerprint density at radius 1 is 1.42 bits per heavy atom. The second-order valence-electron chi connectivity index (χ2n) is 4.17. The number of aromatic nitrogens is 1. The van der Waals surface area contributed by atoms with Crippen molar-refractivity contribution in [2.24, 2.45) is 7.05 Å². The van der Waals surface area contributed by atoms with Crippen LogP contribution >= 0.6 is 11.6 Å². The van der Waals surface area contributed by atoms with E-state index in [-0.39, 0.29) is 4.91 Å². The van der Waals surface area contributed by atoms with Gasteiger partial charge in [0.15, 0.2) is 9.84 Å². The van der Waals surface area contributed by atoms with Crippen molar-refractivity contribution in [3.8, 4) is 6.07 Å². The van der Waals surface area contributed by atoms with Crippen LogP contribution < -0.4 is 0 Å². The highest BCUT2D eigenvalue weighted by molar-refractivity contribution is 7.95. The van der Waals surface area contributed by atoms with Gasteiger partial charge in [0, 0.05) is 29.8 Å². The molecule has 2 aromatic rings. The van der Waals surface area contributed by atoms with Gasteiger partial charge in [-0.1, -0.05) is 29.8 Å². The molecule has 1 aromatic carbocycles. The first kappa shape index (κ1) is 13.7. The second kappa shape index (κ2) is 4.72. The van der Waals surface area contributed by atoms with Gasteiger partial charge in [-0.3, -0.25) is 0 Å². The fraction of sp³-hybridized carbons (Fsp3) is 0.154. The molecule has 0 aliphatic carbocycles. The quantitative estimate of drug-likeness (QED) is 0.800. The molecule has 0 aliphatic heterocycles. The first-order chi connectivity index (χ1) is 8.86. The van der Waals surface area contributed by atoms with Crippen LogP contribution in [0.2, 0.25) is 5.15 Å². The van der Waals surface area contributed by atoms with Crippen molar-refractivity contribution in [3.63, 3.8) is 0 Å². The van der Waals surface area contributed by atoms with Gasteiger partial charge in [-0.15, -0.1) is 0 Å². The predicted molar refractivity (Wildman–Crippen MR) is 76.4 cm³/mol. The average Bonchev–Trinajstić information content (AvgIpc) is 2.59. The highest BCUT2D eigenvalue weighted by Crippen LogP contribution is 2.31. The zero-order chi connectivity index (χ0) is 14.2. The molecule has 0 aliphatic rings. The topological polar surface area (TPSA) is 62.9 Å². The lowest BCUT2D eigenvalue weighted by molar-refractivity contribution is 0.609. The van der Waals surface area contributed by atoms with Gasteiger partial charge in [0.2, 0.25) is 0 Å². The summed E-state index contributed by atoms with van der Waals surface area (Å²) >= 11 is 6.20. The molecule has 0 bridgehead atoms. The van der Waals surface area contributed by atoms with E-state index in [1.807, 2.05) is 24.3 Å². The molecule has 1 heterocycles. The Morgan fingerprint density at radius 2 is 2.05 bits per heavy atom. The highest BCUT2D eigenvalue weighted by Gasteiger charge is 2.16. The number of hydrogen-bond acceptors (Lipinski definition) is 3. The van der Waals surface area contributed by atoms with Crippen LogP contribution in [0.3, 0.4) is 0 Å². The number of sulfone groups is 1. The molecule has 1 aromatic heterocycles. The van der Waals surface area contributed by atoms with Gasteiger partial charge in [0.05, 0.1) is 0 Å². The number of hydrogen-bond donors (Lipinski definition) is 0. The zero-order valence-corrected chi connectivity index (χ0v) is 12.0. The van der Waals surface area contributed by atoms with Crippen molar-refractivity contribution in [1.29, 1.82) is 5.26 Å². The minimum atomic E-state index is -3.56. The van der Waals surface area contributed by atoms with Crippen LogP contribution in [0.1, 0.15) is 5.56 Å². The fourth-order valence-corrected chi connectivity index (χ4v) is 2.63. The zero-order valence-electron chi connectivity index (χ0n) is 10.4. The van der Waals surface area contributed by atoms with Crippen LogP contribution in [-0.4, -0.2) is 19.2 Å². The number of fused-ring (bicyclic) bond motifs is 1. The van der Waals surface area contributed by atoms with Gasteiger partial charge in [0.1, 0.15) is 16.1 Å². The third-order valence-electron chi connectivity index (χ3n) is 2.86. The van der Waals surface area contributed by atoms with Crippen molar-refractivity contribution < 1.29 is 8.42 Å². The van der Waals surface area contributed by atoms with Crippen LogP contribution in [0.4, 0.5) is 0 Å². The Hall–Kier alpha value is -1.77. The SMILES string of the molecule is Cn1c(Cl)c(/C=C(/C#N)S(C)(=O)=O)c2ccccc21. The average molecular weight is 295 g/mol. The number of rotatable bonds is 2. The van der Waals surface area contributed by atoms with Gasteiger partial charge >= 0.3 is 0 Å². The third-order valence-corrected chi connectivity index (χ3v) is 4.32. The van der Waals surface area contributed by atoms with E-state index in [4.69, 9.17) is 16.9 Å². The number of halogens is 1. The molecule has 4 nitrogen and oxygen atoms in total. The lowest BCUT2D eigenvalue weighted by atomic mass is 10.1. The number of nitriles is 1. The number of aryl methyl sites for hydroxylation is 1. The van der Waals surface area contributed by atoms with E-state index in [1.54, 1.807) is 17.7 Å². The molecule has 6 heteroatoms. The van der Waals surface area contributed by atoms with E-state index >= 15 is 0 Å². The van der Waals surface area contributed by atoms with E-state index in [0.29, 0.717) is 10.7 Å². The van der Waals surface area contributed by atoms with E-state index in [0.717, 1.165) is 17.2 Å². The molecule has 0 saturated heterocycles. The molecule has 0 unspecified atom stereocenters. The van der Waals surface area contributed by atoms with Gasteiger partial charge < -0.3 is 4.57 Å². The Kier molecular flexibility index (Phi) is 3.40. The lowest BCUT2D eigenvalue weighted by Gasteiger charge is -1.96. The second-order valence-corrected chi connectivity index (χ2v) is 6.52. The largest absolute Gasteiger partial charge is 0.334 e. The molecule has 0 saturated carbocycles. The fourth-order valence-electron chi connectivity index (χ4n) is 1.88. The summed E-state index contributed by atoms with van der Waals surface area (Å²) in [6.07, 6.45) is 2.32. The van der Waals surface area contributed by atoms with Crippen LogP contribution in [-0.2, 0) is 16.9 Å². The Bertz CT molecular complexity index is 826. The number of benzene rings is 1. The first-order valence-corrected chi connectivity index (χ1v) is 7.68. The number of allylic oxidation sites excluding steroid dienone is 1.